The summed E-state index contributed by atoms with van der Waals surface area (Å²) in [7, 11) is 0. The van der Waals surface area contributed by atoms with E-state index in [4.69, 9.17) is 5.73 Å². The van der Waals surface area contributed by atoms with Gasteiger partial charge in [-0.1, -0.05) is 56.7 Å². The first-order valence-electron chi connectivity index (χ1n) is 8.32. The third-order valence-corrected chi connectivity index (χ3v) is 4.44. The summed E-state index contributed by atoms with van der Waals surface area (Å²) in [5.74, 6) is -0.0679. The van der Waals surface area contributed by atoms with Crippen LogP contribution in [-0.2, 0) is 9.59 Å². The number of rotatable bonds is 6. The summed E-state index contributed by atoms with van der Waals surface area (Å²) >= 11 is 0. The number of nitrogens with one attached hydrogen (secondary N) is 1. The van der Waals surface area contributed by atoms with Crippen molar-refractivity contribution in [3.8, 4) is 0 Å². The van der Waals surface area contributed by atoms with E-state index >= 15 is 0 Å². The molecule has 0 spiro atoms. The lowest BCUT2D eigenvalue weighted by atomic mass is 10.0. The fourth-order valence-corrected chi connectivity index (χ4v) is 3.03. The molecular formula is C19H26N2O2. The van der Waals surface area contributed by atoms with Crippen molar-refractivity contribution < 1.29 is 9.59 Å². The molecule has 0 heterocycles. The minimum atomic E-state index is -0.311. The highest BCUT2D eigenvalue weighted by Gasteiger charge is 2.32. The van der Waals surface area contributed by atoms with Gasteiger partial charge in [0, 0.05) is 12.5 Å². The Morgan fingerprint density at radius 3 is 2.57 bits per heavy atom. The van der Waals surface area contributed by atoms with Gasteiger partial charge in [0.15, 0.2) is 0 Å². The van der Waals surface area contributed by atoms with Crippen LogP contribution < -0.4 is 11.1 Å². The first kappa shape index (κ1) is 17.3. The van der Waals surface area contributed by atoms with Crippen LogP contribution in [0.3, 0.4) is 0 Å². The summed E-state index contributed by atoms with van der Waals surface area (Å²) in [6.45, 7) is 4.33. The number of hydrogen-bond donors (Lipinski definition) is 2. The SMILES string of the molecule is CC(C)c1ccc(C=CCC(=O)NC2CCCC2C(N)=O)cc1. The second-order valence-corrected chi connectivity index (χ2v) is 6.54. The highest BCUT2D eigenvalue weighted by atomic mass is 16.2. The molecule has 4 heteroatoms. The van der Waals surface area contributed by atoms with Crippen molar-refractivity contribution in [2.24, 2.45) is 11.7 Å². The van der Waals surface area contributed by atoms with E-state index in [2.05, 4.69) is 43.4 Å². The van der Waals surface area contributed by atoms with Gasteiger partial charge in [0.2, 0.25) is 11.8 Å². The maximum atomic E-state index is 12.0. The molecular weight excluding hydrogens is 288 g/mol. The molecule has 0 aromatic heterocycles. The molecule has 1 aliphatic carbocycles. The van der Waals surface area contributed by atoms with E-state index in [1.165, 1.54) is 5.56 Å². The van der Waals surface area contributed by atoms with Crippen LogP contribution in [0.4, 0.5) is 0 Å². The Morgan fingerprint density at radius 2 is 1.96 bits per heavy atom. The summed E-state index contributed by atoms with van der Waals surface area (Å²) in [6.07, 6.45) is 6.67. The standard InChI is InChI=1S/C19H26N2O2/c1-13(2)15-11-9-14(10-12-15)5-3-8-18(22)21-17-7-4-6-16(17)19(20)23/h3,5,9-13,16-17H,4,6-8H2,1-2H3,(H2,20,23)(H,21,22). The van der Waals surface area contributed by atoms with Gasteiger partial charge < -0.3 is 11.1 Å². The normalized spacial score (nSPS) is 21.0. The van der Waals surface area contributed by atoms with Gasteiger partial charge in [-0.3, -0.25) is 9.59 Å². The predicted octanol–water partition coefficient (Wildman–Crippen LogP) is 2.98. The van der Waals surface area contributed by atoms with Gasteiger partial charge in [-0.2, -0.15) is 0 Å². The first-order chi connectivity index (χ1) is 11.0. The van der Waals surface area contributed by atoms with Gasteiger partial charge in [0.05, 0.1) is 5.92 Å². The average molecular weight is 314 g/mol. The number of amides is 2. The van der Waals surface area contributed by atoms with Crippen molar-refractivity contribution in [2.45, 2.75) is 51.5 Å². The minimum absolute atomic E-state index is 0.0572. The molecule has 2 amide bonds. The fourth-order valence-electron chi connectivity index (χ4n) is 3.03. The Hall–Kier alpha value is -2.10. The van der Waals surface area contributed by atoms with Gasteiger partial charge in [-0.15, -0.1) is 0 Å². The lowest BCUT2D eigenvalue weighted by molar-refractivity contribution is -0.124. The fraction of sp³-hybridized carbons (Fsp3) is 0.474. The largest absolute Gasteiger partial charge is 0.369 e. The molecule has 0 saturated heterocycles. The Bertz CT molecular complexity index is 576. The molecule has 23 heavy (non-hydrogen) atoms. The Morgan fingerprint density at radius 1 is 1.26 bits per heavy atom. The summed E-state index contributed by atoms with van der Waals surface area (Å²) in [4.78, 5) is 23.3. The van der Waals surface area contributed by atoms with Gasteiger partial charge >= 0.3 is 0 Å². The van der Waals surface area contributed by atoms with Crippen molar-refractivity contribution in [1.82, 2.24) is 5.32 Å². The smallest absolute Gasteiger partial charge is 0.224 e. The molecule has 1 aliphatic rings. The van der Waals surface area contributed by atoms with Crippen LogP contribution in [0.2, 0.25) is 0 Å². The Labute approximate surface area is 138 Å². The second-order valence-electron chi connectivity index (χ2n) is 6.54. The molecule has 2 atom stereocenters. The van der Waals surface area contributed by atoms with Crippen LogP contribution in [0.25, 0.3) is 6.08 Å². The van der Waals surface area contributed by atoms with Crippen molar-refractivity contribution in [1.29, 1.82) is 0 Å². The Balaban J connectivity index is 1.83. The monoisotopic (exact) mass is 314 g/mol. The Kier molecular flexibility index (Phi) is 5.97. The number of benzene rings is 1. The molecule has 1 fully saturated rings. The van der Waals surface area contributed by atoms with Gasteiger partial charge in [0.1, 0.15) is 0 Å². The zero-order valence-corrected chi connectivity index (χ0v) is 13.9. The lowest BCUT2D eigenvalue weighted by Gasteiger charge is -2.17. The molecule has 1 aromatic rings. The lowest BCUT2D eigenvalue weighted by Crippen LogP contribution is -2.42. The third-order valence-electron chi connectivity index (χ3n) is 4.44. The van der Waals surface area contributed by atoms with E-state index in [9.17, 15) is 9.59 Å². The molecule has 4 nitrogen and oxygen atoms in total. The molecule has 1 saturated carbocycles. The van der Waals surface area contributed by atoms with Crippen LogP contribution in [0.1, 0.15) is 56.6 Å². The topological polar surface area (TPSA) is 72.2 Å². The maximum Gasteiger partial charge on any atom is 0.224 e. The maximum absolute atomic E-state index is 12.0. The number of carbonyl (C=O) groups excluding carboxylic acids is 2. The number of carbonyl (C=O) groups is 2. The predicted molar refractivity (Wildman–Crippen MR) is 92.6 cm³/mol. The molecule has 124 valence electrons. The van der Waals surface area contributed by atoms with Crippen molar-refractivity contribution >= 4 is 17.9 Å². The first-order valence-corrected chi connectivity index (χ1v) is 8.32. The summed E-state index contributed by atoms with van der Waals surface area (Å²) < 4.78 is 0. The summed E-state index contributed by atoms with van der Waals surface area (Å²) in [6, 6.07) is 8.24. The van der Waals surface area contributed by atoms with Gasteiger partial charge in [-0.05, 0) is 29.9 Å². The van der Waals surface area contributed by atoms with Crippen molar-refractivity contribution in [3.63, 3.8) is 0 Å². The van der Waals surface area contributed by atoms with Crippen LogP contribution in [0.15, 0.2) is 30.3 Å². The van der Waals surface area contributed by atoms with E-state index < -0.39 is 0 Å². The number of nitrogens with two attached hydrogens (primary N) is 1. The molecule has 0 bridgehead atoms. The molecule has 0 radical (unpaired) electrons. The zero-order chi connectivity index (χ0) is 16.8. The summed E-state index contributed by atoms with van der Waals surface area (Å²) in [5.41, 5.74) is 7.75. The highest BCUT2D eigenvalue weighted by molar-refractivity contribution is 5.82. The van der Waals surface area contributed by atoms with Crippen LogP contribution in [-0.4, -0.2) is 17.9 Å². The van der Waals surface area contributed by atoms with Crippen molar-refractivity contribution in [2.75, 3.05) is 0 Å². The van der Waals surface area contributed by atoms with Gasteiger partial charge in [0.25, 0.3) is 0 Å². The quantitative estimate of drug-likeness (QED) is 0.847. The van der Waals surface area contributed by atoms with Gasteiger partial charge in [-0.25, -0.2) is 0 Å². The molecule has 2 rings (SSSR count). The highest BCUT2D eigenvalue weighted by Crippen LogP contribution is 2.25. The number of primary amides is 1. The summed E-state index contributed by atoms with van der Waals surface area (Å²) in [5, 5.41) is 2.93. The second kappa shape index (κ2) is 7.95. The van der Waals surface area contributed by atoms with E-state index in [0.29, 0.717) is 12.3 Å². The number of hydrogen-bond acceptors (Lipinski definition) is 2. The average Bonchev–Trinajstić information content (AvgIpc) is 2.96. The third kappa shape index (κ3) is 4.95. The molecule has 3 N–H and O–H groups in total. The molecule has 1 aromatic carbocycles. The van der Waals surface area contributed by atoms with Crippen LogP contribution in [0, 0.1) is 5.92 Å². The van der Waals surface area contributed by atoms with Crippen LogP contribution in [0.5, 0.6) is 0 Å². The zero-order valence-electron chi connectivity index (χ0n) is 13.9. The van der Waals surface area contributed by atoms with E-state index in [1.807, 2.05) is 12.2 Å². The minimum Gasteiger partial charge on any atom is -0.369 e. The van der Waals surface area contributed by atoms with E-state index in [-0.39, 0.29) is 23.8 Å². The molecule has 2 unspecified atom stereocenters. The molecule has 0 aliphatic heterocycles. The van der Waals surface area contributed by atoms with Crippen molar-refractivity contribution in [3.05, 3.63) is 41.5 Å². The van der Waals surface area contributed by atoms with Crippen LogP contribution >= 0.6 is 0 Å². The van der Waals surface area contributed by atoms with E-state index in [0.717, 1.165) is 24.8 Å². The van der Waals surface area contributed by atoms with E-state index in [1.54, 1.807) is 0 Å².